The van der Waals surface area contributed by atoms with E-state index < -0.39 is 0 Å². The van der Waals surface area contributed by atoms with E-state index in [4.69, 9.17) is 10.2 Å². The van der Waals surface area contributed by atoms with Gasteiger partial charge in [0.2, 0.25) is 5.91 Å². The van der Waals surface area contributed by atoms with Gasteiger partial charge in [0.1, 0.15) is 11.5 Å². The van der Waals surface area contributed by atoms with Crippen molar-refractivity contribution in [2.75, 3.05) is 12.3 Å². The molecule has 1 aromatic heterocycles. The fraction of sp³-hybridized carbons (Fsp3) is 0.286. The Labute approximate surface area is 111 Å². The number of amides is 1. The third-order valence-electron chi connectivity index (χ3n) is 3.30. The van der Waals surface area contributed by atoms with Crippen LogP contribution in [0.5, 0.6) is 0 Å². The van der Waals surface area contributed by atoms with E-state index in [1.165, 1.54) is 0 Å². The lowest BCUT2D eigenvalue weighted by molar-refractivity contribution is -0.131. The molecule has 0 aliphatic carbocycles. The van der Waals surface area contributed by atoms with Crippen LogP contribution in [-0.4, -0.2) is 22.3 Å². The molecule has 2 aromatic rings. The minimum atomic E-state index is 0.110. The van der Waals surface area contributed by atoms with Gasteiger partial charge < -0.3 is 15.1 Å². The molecule has 0 unspecified atom stereocenters. The maximum absolute atomic E-state index is 12.2. The quantitative estimate of drug-likeness (QED) is 0.882. The molecule has 2 N–H and O–H groups in total. The van der Waals surface area contributed by atoms with Crippen LogP contribution in [0.15, 0.2) is 34.7 Å². The molecular formula is C14H15N3O2. The van der Waals surface area contributed by atoms with Crippen molar-refractivity contribution in [3.05, 3.63) is 47.3 Å². The average molecular weight is 257 g/mol. The molecule has 0 fully saturated rings. The largest absolute Gasteiger partial charge is 0.428 e. The molecule has 5 nitrogen and oxygen atoms in total. The number of carbonyl (C=O) groups excluding carboxylic acids is 1. The molecule has 0 atom stereocenters. The van der Waals surface area contributed by atoms with Gasteiger partial charge in [-0.1, -0.05) is 30.3 Å². The van der Waals surface area contributed by atoms with Gasteiger partial charge in [0.25, 0.3) is 6.01 Å². The maximum atomic E-state index is 12.2. The zero-order valence-electron chi connectivity index (χ0n) is 10.5. The lowest BCUT2D eigenvalue weighted by atomic mass is 10.1. The number of rotatable bonds is 2. The summed E-state index contributed by atoms with van der Waals surface area (Å²) < 4.78 is 5.28. The Morgan fingerprint density at radius 3 is 2.95 bits per heavy atom. The van der Waals surface area contributed by atoms with Gasteiger partial charge in [-0.05, 0) is 5.56 Å². The predicted octanol–water partition coefficient (Wildman–Crippen LogP) is 1.38. The Bertz CT molecular complexity index is 592. The highest BCUT2D eigenvalue weighted by Gasteiger charge is 2.24. The molecule has 0 bridgehead atoms. The van der Waals surface area contributed by atoms with Crippen molar-refractivity contribution in [1.29, 1.82) is 0 Å². The first-order valence-corrected chi connectivity index (χ1v) is 6.28. The number of oxazole rings is 1. The molecule has 2 heterocycles. The van der Waals surface area contributed by atoms with Crippen LogP contribution in [0.2, 0.25) is 0 Å². The van der Waals surface area contributed by atoms with Crippen molar-refractivity contribution in [3.63, 3.8) is 0 Å². The van der Waals surface area contributed by atoms with E-state index in [0.717, 1.165) is 17.0 Å². The third kappa shape index (κ3) is 2.45. The molecule has 0 saturated heterocycles. The summed E-state index contributed by atoms with van der Waals surface area (Å²) in [4.78, 5) is 18.1. The van der Waals surface area contributed by atoms with Crippen molar-refractivity contribution < 1.29 is 9.21 Å². The van der Waals surface area contributed by atoms with E-state index in [1.807, 2.05) is 30.3 Å². The SMILES string of the molecule is Nc1nc2c(o1)CCN(C(=O)Cc1ccccc1)C2. The van der Waals surface area contributed by atoms with Crippen LogP contribution in [-0.2, 0) is 24.2 Å². The van der Waals surface area contributed by atoms with Crippen molar-refractivity contribution >= 4 is 11.9 Å². The first-order valence-electron chi connectivity index (χ1n) is 6.28. The second kappa shape index (κ2) is 4.76. The molecule has 3 rings (SSSR count). The number of hydrogen-bond donors (Lipinski definition) is 1. The number of nitrogen functional groups attached to an aromatic ring is 1. The molecule has 1 aliphatic rings. The smallest absolute Gasteiger partial charge is 0.292 e. The zero-order valence-corrected chi connectivity index (χ0v) is 10.5. The molecule has 98 valence electrons. The number of anilines is 1. The minimum Gasteiger partial charge on any atom is -0.428 e. The molecule has 0 saturated carbocycles. The maximum Gasteiger partial charge on any atom is 0.292 e. The van der Waals surface area contributed by atoms with Gasteiger partial charge >= 0.3 is 0 Å². The first kappa shape index (κ1) is 11.8. The molecular weight excluding hydrogens is 242 g/mol. The molecule has 5 heteroatoms. The van der Waals surface area contributed by atoms with Crippen LogP contribution in [0.25, 0.3) is 0 Å². The average Bonchev–Trinajstić information content (AvgIpc) is 2.78. The Morgan fingerprint density at radius 1 is 1.37 bits per heavy atom. The minimum absolute atomic E-state index is 0.110. The van der Waals surface area contributed by atoms with Crippen LogP contribution in [0, 0.1) is 0 Å². The van der Waals surface area contributed by atoms with Crippen molar-refractivity contribution in [1.82, 2.24) is 9.88 Å². The normalized spacial score (nSPS) is 14.2. The number of nitrogens with two attached hydrogens (primary N) is 1. The molecule has 1 amide bonds. The molecule has 19 heavy (non-hydrogen) atoms. The monoisotopic (exact) mass is 257 g/mol. The van der Waals surface area contributed by atoms with E-state index in [9.17, 15) is 4.79 Å². The Hall–Kier alpha value is -2.30. The topological polar surface area (TPSA) is 72.4 Å². The van der Waals surface area contributed by atoms with E-state index >= 15 is 0 Å². The van der Waals surface area contributed by atoms with Crippen LogP contribution < -0.4 is 5.73 Å². The summed E-state index contributed by atoms with van der Waals surface area (Å²) in [5.74, 6) is 0.916. The predicted molar refractivity (Wildman–Crippen MR) is 70.2 cm³/mol. The number of carbonyl (C=O) groups is 1. The number of hydrogen-bond acceptors (Lipinski definition) is 4. The highest BCUT2D eigenvalue weighted by Crippen LogP contribution is 2.21. The summed E-state index contributed by atoms with van der Waals surface area (Å²) in [6, 6.07) is 9.93. The highest BCUT2D eigenvalue weighted by molar-refractivity contribution is 5.79. The van der Waals surface area contributed by atoms with Crippen molar-refractivity contribution in [3.8, 4) is 0 Å². The highest BCUT2D eigenvalue weighted by atomic mass is 16.4. The van der Waals surface area contributed by atoms with Gasteiger partial charge in [0, 0.05) is 13.0 Å². The van der Waals surface area contributed by atoms with E-state index in [-0.39, 0.29) is 11.9 Å². The van der Waals surface area contributed by atoms with Gasteiger partial charge in [-0.2, -0.15) is 4.98 Å². The second-order valence-electron chi connectivity index (χ2n) is 4.65. The molecule has 1 aliphatic heterocycles. The third-order valence-corrected chi connectivity index (χ3v) is 3.30. The number of nitrogens with zero attached hydrogens (tertiary/aromatic N) is 2. The lowest BCUT2D eigenvalue weighted by Gasteiger charge is -2.25. The summed E-state index contributed by atoms with van der Waals surface area (Å²) in [5.41, 5.74) is 7.33. The molecule has 0 radical (unpaired) electrons. The van der Waals surface area contributed by atoms with Crippen LogP contribution in [0.1, 0.15) is 17.0 Å². The summed E-state index contributed by atoms with van der Waals surface area (Å²) in [5, 5.41) is 0. The van der Waals surface area contributed by atoms with Crippen molar-refractivity contribution in [2.24, 2.45) is 0 Å². The molecule has 0 spiro atoms. The van der Waals surface area contributed by atoms with Crippen LogP contribution in [0.3, 0.4) is 0 Å². The Morgan fingerprint density at radius 2 is 2.16 bits per heavy atom. The van der Waals surface area contributed by atoms with E-state index in [1.54, 1.807) is 4.90 Å². The summed E-state index contributed by atoms with van der Waals surface area (Å²) in [6.07, 6.45) is 1.10. The van der Waals surface area contributed by atoms with E-state index in [0.29, 0.717) is 25.9 Å². The van der Waals surface area contributed by atoms with Crippen LogP contribution >= 0.6 is 0 Å². The Balaban J connectivity index is 1.69. The number of benzene rings is 1. The van der Waals surface area contributed by atoms with Crippen molar-refractivity contribution in [2.45, 2.75) is 19.4 Å². The number of aromatic nitrogens is 1. The second-order valence-corrected chi connectivity index (χ2v) is 4.65. The number of fused-ring (bicyclic) bond motifs is 1. The van der Waals surface area contributed by atoms with Gasteiger partial charge in [0.15, 0.2) is 0 Å². The summed E-state index contributed by atoms with van der Waals surface area (Å²) >= 11 is 0. The fourth-order valence-corrected chi connectivity index (χ4v) is 2.31. The summed E-state index contributed by atoms with van der Waals surface area (Å²) in [6.45, 7) is 1.15. The Kier molecular flexibility index (Phi) is 2.95. The summed E-state index contributed by atoms with van der Waals surface area (Å²) in [7, 11) is 0. The van der Waals surface area contributed by atoms with Crippen LogP contribution in [0.4, 0.5) is 6.01 Å². The standard InChI is InChI=1S/C14H15N3O2/c15-14-16-11-9-17(7-6-12(11)19-14)13(18)8-10-4-2-1-3-5-10/h1-5H,6-9H2,(H2,15,16). The molecule has 1 aromatic carbocycles. The van der Waals surface area contributed by atoms with Gasteiger partial charge in [-0.3, -0.25) is 4.79 Å². The first-order chi connectivity index (χ1) is 9.22. The van der Waals surface area contributed by atoms with E-state index in [2.05, 4.69) is 4.98 Å². The van der Waals surface area contributed by atoms with Gasteiger partial charge in [0.05, 0.1) is 13.0 Å². The van der Waals surface area contributed by atoms with Gasteiger partial charge in [-0.25, -0.2) is 0 Å². The zero-order chi connectivity index (χ0) is 13.2. The lowest BCUT2D eigenvalue weighted by Crippen LogP contribution is -2.36. The fourth-order valence-electron chi connectivity index (χ4n) is 2.31. The van der Waals surface area contributed by atoms with Gasteiger partial charge in [-0.15, -0.1) is 0 Å².